The van der Waals surface area contributed by atoms with Crippen molar-refractivity contribution in [2.24, 2.45) is 0 Å². The highest BCUT2D eigenvalue weighted by atomic mass is 35.5. The molecule has 1 amide bonds. The van der Waals surface area contributed by atoms with Crippen LogP contribution in [0.15, 0.2) is 59.3 Å². The van der Waals surface area contributed by atoms with Gasteiger partial charge >= 0.3 is 11.9 Å². The zero-order chi connectivity index (χ0) is 21.3. The van der Waals surface area contributed by atoms with Gasteiger partial charge in [-0.3, -0.25) is 9.69 Å². The lowest BCUT2D eigenvalue weighted by atomic mass is 10.0. The first kappa shape index (κ1) is 20.6. The van der Waals surface area contributed by atoms with E-state index in [1.54, 1.807) is 31.2 Å². The van der Waals surface area contributed by atoms with Crippen LogP contribution in [0.5, 0.6) is 0 Å². The van der Waals surface area contributed by atoms with Crippen molar-refractivity contribution in [1.29, 1.82) is 0 Å². The maximum Gasteiger partial charge on any atom is 0.340 e. The first-order valence-electron chi connectivity index (χ1n) is 8.38. The Kier molecular flexibility index (Phi) is 5.77. The second-order valence-corrected chi connectivity index (χ2v) is 7.08. The van der Waals surface area contributed by atoms with E-state index in [-0.39, 0.29) is 16.7 Å². The summed E-state index contributed by atoms with van der Waals surface area (Å²) < 4.78 is 4.86. The van der Waals surface area contributed by atoms with Crippen molar-refractivity contribution < 1.29 is 24.2 Å². The fourth-order valence-electron chi connectivity index (χ4n) is 3.05. The average Bonchev–Trinajstić information content (AvgIpc) is 2.90. The highest BCUT2D eigenvalue weighted by Crippen LogP contribution is 2.37. The highest BCUT2D eigenvalue weighted by molar-refractivity contribution is 6.35. The van der Waals surface area contributed by atoms with Crippen LogP contribution in [0.1, 0.15) is 22.8 Å². The normalized spacial score (nSPS) is 15.2. The fourth-order valence-corrected chi connectivity index (χ4v) is 3.56. The van der Waals surface area contributed by atoms with E-state index in [0.29, 0.717) is 27.0 Å². The number of carbonyl (C=O) groups is 3. The Morgan fingerprint density at radius 3 is 2.17 bits per heavy atom. The Bertz CT molecular complexity index is 1070. The summed E-state index contributed by atoms with van der Waals surface area (Å²) in [5, 5.41) is 9.71. The molecule has 0 fully saturated rings. The number of anilines is 1. The molecule has 29 heavy (non-hydrogen) atoms. The molecule has 0 aliphatic carbocycles. The standard InChI is InChI=1S/C21H15Cl2NO5/c1-11-18(21(28)29-2)17(7-12-3-5-13(6-4-12)20(26)27)19(25)24(11)16-9-14(22)8-15(23)10-16/h3-10H,1-2H3,(H,26,27). The molecule has 6 nitrogen and oxygen atoms in total. The van der Waals surface area contributed by atoms with Crippen molar-refractivity contribution >= 4 is 52.8 Å². The highest BCUT2D eigenvalue weighted by Gasteiger charge is 2.38. The summed E-state index contributed by atoms with van der Waals surface area (Å²) in [6, 6.07) is 10.6. The number of esters is 1. The number of aromatic carboxylic acids is 1. The first-order chi connectivity index (χ1) is 13.7. The minimum Gasteiger partial charge on any atom is -0.478 e. The van der Waals surface area contributed by atoms with E-state index < -0.39 is 17.8 Å². The van der Waals surface area contributed by atoms with Gasteiger partial charge in [-0.25, -0.2) is 9.59 Å². The van der Waals surface area contributed by atoms with Crippen LogP contribution in [-0.2, 0) is 14.3 Å². The number of allylic oxidation sites excluding steroid dienone is 1. The SMILES string of the molecule is COC(=O)C1=C(C)N(c2cc(Cl)cc(Cl)c2)C(=O)C1=Cc1ccc(C(=O)O)cc1. The minimum atomic E-state index is -1.06. The number of halogens is 2. The molecular weight excluding hydrogens is 417 g/mol. The number of carboxylic acid groups (broad SMARTS) is 1. The van der Waals surface area contributed by atoms with Crippen LogP contribution in [0.25, 0.3) is 6.08 Å². The smallest absolute Gasteiger partial charge is 0.340 e. The summed E-state index contributed by atoms with van der Waals surface area (Å²) in [6.45, 7) is 1.62. The van der Waals surface area contributed by atoms with Gasteiger partial charge in [-0.1, -0.05) is 35.3 Å². The summed E-state index contributed by atoms with van der Waals surface area (Å²) in [5.41, 5.74) is 1.67. The van der Waals surface area contributed by atoms with E-state index in [1.165, 1.54) is 36.3 Å². The Morgan fingerprint density at radius 1 is 1.07 bits per heavy atom. The van der Waals surface area contributed by atoms with Crippen LogP contribution in [-0.4, -0.2) is 30.1 Å². The quantitative estimate of drug-likeness (QED) is 0.566. The number of hydrogen-bond donors (Lipinski definition) is 1. The third-order valence-electron chi connectivity index (χ3n) is 4.36. The Morgan fingerprint density at radius 2 is 1.66 bits per heavy atom. The van der Waals surface area contributed by atoms with Crippen molar-refractivity contribution in [3.05, 3.63) is 80.5 Å². The lowest BCUT2D eigenvalue weighted by Crippen LogP contribution is -2.24. The van der Waals surface area contributed by atoms with Crippen LogP contribution in [0.2, 0.25) is 10.0 Å². The Hall–Kier alpha value is -3.09. The lowest BCUT2D eigenvalue weighted by Gasteiger charge is -2.18. The molecule has 0 saturated carbocycles. The van der Waals surface area contributed by atoms with E-state index in [2.05, 4.69) is 0 Å². The number of nitrogens with zero attached hydrogens (tertiary/aromatic N) is 1. The largest absolute Gasteiger partial charge is 0.478 e. The number of carbonyl (C=O) groups excluding carboxylic acids is 2. The molecule has 1 aliphatic heterocycles. The van der Waals surface area contributed by atoms with E-state index in [0.717, 1.165) is 0 Å². The zero-order valence-electron chi connectivity index (χ0n) is 15.4. The number of amides is 1. The van der Waals surface area contributed by atoms with Crippen molar-refractivity contribution in [3.63, 3.8) is 0 Å². The molecule has 0 bridgehead atoms. The molecule has 0 saturated heterocycles. The third-order valence-corrected chi connectivity index (χ3v) is 4.80. The first-order valence-corrected chi connectivity index (χ1v) is 9.13. The minimum absolute atomic E-state index is 0.107. The molecule has 0 radical (unpaired) electrons. The summed E-state index contributed by atoms with van der Waals surface area (Å²) in [4.78, 5) is 37.9. The topological polar surface area (TPSA) is 83.9 Å². The molecule has 3 rings (SSSR count). The predicted molar refractivity (Wildman–Crippen MR) is 110 cm³/mol. The van der Waals surface area contributed by atoms with Crippen molar-refractivity contribution in [2.75, 3.05) is 12.0 Å². The molecule has 0 unspecified atom stereocenters. The van der Waals surface area contributed by atoms with E-state index in [4.69, 9.17) is 33.0 Å². The number of ether oxygens (including phenoxy) is 1. The van der Waals surface area contributed by atoms with Gasteiger partial charge in [0.2, 0.25) is 0 Å². The fraction of sp³-hybridized carbons (Fsp3) is 0.0952. The van der Waals surface area contributed by atoms with Gasteiger partial charge in [0.1, 0.15) is 0 Å². The molecular formula is C21H15Cl2NO5. The van der Waals surface area contributed by atoms with Gasteiger partial charge in [0, 0.05) is 15.7 Å². The van der Waals surface area contributed by atoms with Crippen LogP contribution in [0.3, 0.4) is 0 Å². The second kappa shape index (κ2) is 8.11. The lowest BCUT2D eigenvalue weighted by molar-refractivity contribution is -0.136. The monoisotopic (exact) mass is 431 g/mol. The van der Waals surface area contributed by atoms with Crippen LogP contribution in [0, 0.1) is 0 Å². The number of carboxylic acids is 1. The molecule has 148 valence electrons. The van der Waals surface area contributed by atoms with E-state index >= 15 is 0 Å². The predicted octanol–water partition coefficient (Wildman–Crippen LogP) is 4.57. The third kappa shape index (κ3) is 4.04. The van der Waals surface area contributed by atoms with Crippen molar-refractivity contribution in [3.8, 4) is 0 Å². The molecule has 2 aromatic rings. The second-order valence-electron chi connectivity index (χ2n) is 6.21. The molecule has 0 spiro atoms. The summed E-state index contributed by atoms with van der Waals surface area (Å²) >= 11 is 12.1. The molecule has 2 aromatic carbocycles. The molecule has 8 heteroatoms. The van der Waals surface area contributed by atoms with E-state index in [1.807, 2.05) is 0 Å². The molecule has 0 aromatic heterocycles. The zero-order valence-corrected chi connectivity index (χ0v) is 16.9. The molecule has 1 N–H and O–H groups in total. The number of rotatable bonds is 4. The number of hydrogen-bond acceptors (Lipinski definition) is 4. The Labute approximate surface area is 176 Å². The van der Waals surface area contributed by atoms with E-state index in [9.17, 15) is 14.4 Å². The Balaban J connectivity index is 2.12. The van der Waals surface area contributed by atoms with Gasteiger partial charge in [0.15, 0.2) is 0 Å². The van der Waals surface area contributed by atoms with Crippen LogP contribution in [0.4, 0.5) is 5.69 Å². The molecule has 1 heterocycles. The van der Waals surface area contributed by atoms with Crippen molar-refractivity contribution in [1.82, 2.24) is 0 Å². The maximum atomic E-state index is 13.2. The molecule has 1 aliphatic rings. The number of methoxy groups -OCH3 is 1. The van der Waals surface area contributed by atoms with Gasteiger partial charge in [-0.05, 0) is 48.9 Å². The van der Waals surface area contributed by atoms with Crippen molar-refractivity contribution in [2.45, 2.75) is 6.92 Å². The van der Waals surface area contributed by atoms with Gasteiger partial charge < -0.3 is 9.84 Å². The molecule has 0 atom stereocenters. The maximum absolute atomic E-state index is 13.2. The van der Waals surface area contributed by atoms with Gasteiger partial charge in [-0.2, -0.15) is 0 Å². The number of benzene rings is 2. The van der Waals surface area contributed by atoms with Gasteiger partial charge in [0.25, 0.3) is 5.91 Å². The average molecular weight is 432 g/mol. The van der Waals surface area contributed by atoms with Crippen LogP contribution >= 0.6 is 23.2 Å². The van der Waals surface area contributed by atoms with Gasteiger partial charge in [-0.15, -0.1) is 0 Å². The summed E-state index contributed by atoms with van der Waals surface area (Å²) in [7, 11) is 1.23. The van der Waals surface area contributed by atoms with Gasteiger partial charge in [0.05, 0.1) is 29.5 Å². The summed E-state index contributed by atoms with van der Waals surface area (Å²) in [5.74, 6) is -2.18. The summed E-state index contributed by atoms with van der Waals surface area (Å²) in [6.07, 6.45) is 1.51. The van der Waals surface area contributed by atoms with Crippen LogP contribution < -0.4 is 4.90 Å².